The number of rotatable bonds is 7. The van der Waals surface area contributed by atoms with Gasteiger partial charge in [-0.05, 0) is 42.0 Å². The number of anilines is 1. The number of methoxy groups -OCH3 is 4. The fourth-order valence-electron chi connectivity index (χ4n) is 2.41. The molecule has 0 fully saturated rings. The van der Waals surface area contributed by atoms with Crippen LogP contribution < -0.4 is 19.5 Å². The van der Waals surface area contributed by atoms with Crippen molar-refractivity contribution in [2.45, 2.75) is 0 Å². The Labute approximate surface area is 167 Å². The molecular weight excluding hydrogens is 386 g/mol. The van der Waals surface area contributed by atoms with Gasteiger partial charge in [-0.3, -0.25) is 4.79 Å². The normalized spacial score (nSPS) is 10.5. The number of esters is 1. The van der Waals surface area contributed by atoms with Gasteiger partial charge in [-0.25, -0.2) is 4.79 Å². The molecule has 1 N–H and O–H groups in total. The van der Waals surface area contributed by atoms with E-state index < -0.39 is 11.9 Å². The Morgan fingerprint density at radius 1 is 0.964 bits per heavy atom. The zero-order chi connectivity index (χ0) is 20.7. The van der Waals surface area contributed by atoms with Gasteiger partial charge in [-0.1, -0.05) is 11.6 Å². The summed E-state index contributed by atoms with van der Waals surface area (Å²) < 4.78 is 20.5. The zero-order valence-electron chi connectivity index (χ0n) is 15.9. The molecule has 0 saturated carbocycles. The van der Waals surface area contributed by atoms with Crippen molar-refractivity contribution in [3.05, 3.63) is 52.6 Å². The van der Waals surface area contributed by atoms with Gasteiger partial charge in [-0.2, -0.15) is 0 Å². The minimum Gasteiger partial charge on any atom is -0.493 e. The summed E-state index contributed by atoms with van der Waals surface area (Å²) in [6.45, 7) is 0. The summed E-state index contributed by atoms with van der Waals surface area (Å²) in [6, 6.07) is 7.87. The van der Waals surface area contributed by atoms with E-state index in [9.17, 15) is 9.59 Å². The Balaban J connectivity index is 2.22. The molecule has 148 valence electrons. The highest BCUT2D eigenvalue weighted by Crippen LogP contribution is 2.38. The standard InChI is InChI=1S/C20H20ClNO6/c1-25-16-9-12(10-17(26-2)19(16)27-3)5-8-18(23)22-15-11-13(20(24)28-4)6-7-14(15)21/h5-11H,1-4H3,(H,22,23)/b8-5+. The molecule has 0 aliphatic carbocycles. The Hall–Kier alpha value is -3.19. The van der Waals surface area contributed by atoms with Crippen molar-refractivity contribution < 1.29 is 28.5 Å². The second-order valence-electron chi connectivity index (χ2n) is 5.47. The second-order valence-corrected chi connectivity index (χ2v) is 5.87. The van der Waals surface area contributed by atoms with Crippen LogP contribution in [-0.2, 0) is 9.53 Å². The Bertz CT molecular complexity index is 885. The topological polar surface area (TPSA) is 83.1 Å². The van der Waals surface area contributed by atoms with Crippen molar-refractivity contribution in [2.75, 3.05) is 33.8 Å². The maximum atomic E-state index is 12.3. The molecule has 0 heterocycles. The first-order valence-corrected chi connectivity index (χ1v) is 8.48. The molecule has 1 amide bonds. The smallest absolute Gasteiger partial charge is 0.337 e. The predicted octanol–water partition coefficient (Wildman–Crippen LogP) is 3.80. The van der Waals surface area contributed by atoms with Gasteiger partial charge in [0, 0.05) is 6.08 Å². The quantitative estimate of drug-likeness (QED) is 0.557. The van der Waals surface area contributed by atoms with Crippen LogP contribution in [0.15, 0.2) is 36.4 Å². The van der Waals surface area contributed by atoms with Crippen LogP contribution in [0.25, 0.3) is 6.08 Å². The summed E-state index contributed by atoms with van der Waals surface area (Å²) in [6.07, 6.45) is 2.90. The summed E-state index contributed by atoms with van der Waals surface area (Å²) in [4.78, 5) is 23.9. The summed E-state index contributed by atoms with van der Waals surface area (Å²) in [5.41, 5.74) is 1.24. The first-order chi connectivity index (χ1) is 13.4. The lowest BCUT2D eigenvalue weighted by Gasteiger charge is -2.12. The van der Waals surface area contributed by atoms with E-state index >= 15 is 0 Å². The lowest BCUT2D eigenvalue weighted by molar-refractivity contribution is -0.111. The van der Waals surface area contributed by atoms with E-state index in [0.29, 0.717) is 33.5 Å². The van der Waals surface area contributed by atoms with Crippen LogP contribution in [-0.4, -0.2) is 40.3 Å². The van der Waals surface area contributed by atoms with E-state index in [4.69, 9.17) is 25.8 Å². The van der Waals surface area contributed by atoms with Crippen molar-refractivity contribution in [1.82, 2.24) is 0 Å². The molecule has 8 heteroatoms. The van der Waals surface area contributed by atoms with Gasteiger partial charge < -0.3 is 24.3 Å². The van der Waals surface area contributed by atoms with Gasteiger partial charge in [0.15, 0.2) is 11.5 Å². The third-order valence-electron chi connectivity index (χ3n) is 3.76. The van der Waals surface area contributed by atoms with Gasteiger partial charge in [0.1, 0.15) is 0 Å². The molecule has 0 aliphatic rings. The number of carbonyl (C=O) groups excluding carboxylic acids is 2. The van der Waals surface area contributed by atoms with Crippen LogP contribution in [0, 0.1) is 0 Å². The first kappa shape index (κ1) is 21.1. The maximum Gasteiger partial charge on any atom is 0.337 e. The number of carbonyl (C=O) groups is 2. The average Bonchev–Trinajstić information content (AvgIpc) is 2.72. The van der Waals surface area contributed by atoms with Crippen molar-refractivity contribution in [2.24, 2.45) is 0 Å². The molecule has 0 bridgehead atoms. The molecule has 2 aromatic rings. The molecule has 0 atom stereocenters. The minimum atomic E-state index is -0.528. The summed E-state index contributed by atoms with van der Waals surface area (Å²) in [5, 5.41) is 2.92. The SMILES string of the molecule is COC(=O)c1ccc(Cl)c(NC(=O)/C=C/c2cc(OC)c(OC)c(OC)c2)c1. The lowest BCUT2D eigenvalue weighted by Crippen LogP contribution is -2.10. The van der Waals surface area contributed by atoms with Crippen LogP contribution in [0.5, 0.6) is 17.2 Å². The highest BCUT2D eigenvalue weighted by atomic mass is 35.5. The van der Waals surface area contributed by atoms with Crippen molar-refractivity contribution in [3.63, 3.8) is 0 Å². The third kappa shape index (κ3) is 4.95. The van der Waals surface area contributed by atoms with Gasteiger partial charge >= 0.3 is 5.97 Å². The molecule has 0 unspecified atom stereocenters. The highest BCUT2D eigenvalue weighted by Gasteiger charge is 2.13. The van der Waals surface area contributed by atoms with E-state index in [2.05, 4.69) is 10.1 Å². The van der Waals surface area contributed by atoms with E-state index in [1.807, 2.05) is 0 Å². The number of benzene rings is 2. The number of hydrogen-bond donors (Lipinski definition) is 1. The molecule has 28 heavy (non-hydrogen) atoms. The van der Waals surface area contributed by atoms with E-state index in [1.165, 1.54) is 52.7 Å². The van der Waals surface area contributed by atoms with Crippen molar-refractivity contribution in [1.29, 1.82) is 0 Å². The highest BCUT2D eigenvalue weighted by molar-refractivity contribution is 6.34. The third-order valence-corrected chi connectivity index (χ3v) is 4.09. The summed E-state index contributed by atoms with van der Waals surface area (Å²) in [5.74, 6) is 0.433. The monoisotopic (exact) mass is 405 g/mol. The van der Waals surface area contributed by atoms with Crippen LogP contribution in [0.1, 0.15) is 15.9 Å². The average molecular weight is 406 g/mol. The predicted molar refractivity (Wildman–Crippen MR) is 107 cm³/mol. The Morgan fingerprint density at radius 2 is 1.61 bits per heavy atom. The fourth-order valence-corrected chi connectivity index (χ4v) is 2.57. The molecule has 0 radical (unpaired) electrons. The van der Waals surface area contributed by atoms with Gasteiger partial charge in [-0.15, -0.1) is 0 Å². The molecule has 0 aliphatic heterocycles. The Kier molecular flexibility index (Phi) is 7.28. The number of nitrogens with one attached hydrogen (secondary N) is 1. The number of ether oxygens (including phenoxy) is 4. The fraction of sp³-hybridized carbons (Fsp3) is 0.200. The van der Waals surface area contributed by atoms with Gasteiger partial charge in [0.2, 0.25) is 11.7 Å². The van der Waals surface area contributed by atoms with E-state index in [-0.39, 0.29) is 5.56 Å². The van der Waals surface area contributed by atoms with E-state index in [0.717, 1.165) is 0 Å². The summed E-state index contributed by atoms with van der Waals surface area (Å²) >= 11 is 6.08. The second kappa shape index (κ2) is 9.66. The summed E-state index contributed by atoms with van der Waals surface area (Å²) in [7, 11) is 5.80. The van der Waals surface area contributed by atoms with Crippen LogP contribution >= 0.6 is 11.6 Å². The van der Waals surface area contributed by atoms with Crippen LogP contribution in [0.4, 0.5) is 5.69 Å². The van der Waals surface area contributed by atoms with Crippen molar-refractivity contribution >= 4 is 35.2 Å². The molecule has 0 saturated heterocycles. The van der Waals surface area contributed by atoms with Gasteiger partial charge in [0.25, 0.3) is 0 Å². The Morgan fingerprint density at radius 3 is 2.14 bits per heavy atom. The number of hydrogen-bond acceptors (Lipinski definition) is 6. The van der Waals surface area contributed by atoms with Crippen LogP contribution in [0.2, 0.25) is 5.02 Å². The molecular formula is C20H20ClNO6. The molecule has 2 rings (SSSR count). The minimum absolute atomic E-state index is 0.274. The number of halogens is 1. The van der Waals surface area contributed by atoms with Crippen LogP contribution in [0.3, 0.4) is 0 Å². The van der Waals surface area contributed by atoms with E-state index in [1.54, 1.807) is 18.2 Å². The zero-order valence-corrected chi connectivity index (χ0v) is 16.6. The van der Waals surface area contributed by atoms with Crippen molar-refractivity contribution in [3.8, 4) is 17.2 Å². The molecule has 7 nitrogen and oxygen atoms in total. The maximum absolute atomic E-state index is 12.3. The molecule has 2 aromatic carbocycles. The van der Waals surface area contributed by atoms with Gasteiger partial charge in [0.05, 0.1) is 44.7 Å². The lowest BCUT2D eigenvalue weighted by atomic mass is 10.1. The molecule has 0 spiro atoms. The number of amides is 1. The largest absolute Gasteiger partial charge is 0.493 e. The molecule has 0 aromatic heterocycles. The first-order valence-electron chi connectivity index (χ1n) is 8.10.